The van der Waals surface area contributed by atoms with Crippen LogP contribution < -0.4 is 0 Å². The van der Waals surface area contributed by atoms with E-state index in [2.05, 4.69) is 15.9 Å². The Hall–Kier alpha value is -1.68. The molecule has 0 radical (unpaired) electrons. The quantitative estimate of drug-likeness (QED) is 0.879. The minimum atomic E-state index is -0.855. The third-order valence-electron chi connectivity index (χ3n) is 3.14. The van der Waals surface area contributed by atoms with Crippen LogP contribution in [0.1, 0.15) is 23.5 Å². The fourth-order valence-electron chi connectivity index (χ4n) is 2.18. The standard InChI is InChI=1S/C16H14BrFO2/c17-13-8-11(9-14(18)10-13)6-7-15(16(19)20)12-4-2-1-3-5-12/h1-5,8-10,15H,6-7H2,(H,19,20). The van der Waals surface area contributed by atoms with Gasteiger partial charge in [0, 0.05) is 4.47 Å². The molecule has 1 unspecified atom stereocenters. The second-order valence-electron chi connectivity index (χ2n) is 4.62. The molecular formula is C16H14BrFO2. The molecule has 0 fully saturated rings. The van der Waals surface area contributed by atoms with E-state index in [1.807, 2.05) is 24.3 Å². The molecule has 0 spiro atoms. The molecule has 0 saturated heterocycles. The highest BCUT2D eigenvalue weighted by molar-refractivity contribution is 9.10. The molecule has 0 aromatic heterocycles. The van der Waals surface area contributed by atoms with Gasteiger partial charge in [0.1, 0.15) is 5.82 Å². The molecule has 2 aromatic carbocycles. The van der Waals surface area contributed by atoms with Gasteiger partial charge in [-0.05, 0) is 42.2 Å². The molecule has 4 heteroatoms. The summed E-state index contributed by atoms with van der Waals surface area (Å²) in [5.41, 5.74) is 1.56. The molecule has 0 bridgehead atoms. The van der Waals surface area contributed by atoms with Crippen molar-refractivity contribution in [2.24, 2.45) is 0 Å². The summed E-state index contributed by atoms with van der Waals surface area (Å²) in [5.74, 6) is -1.74. The number of carboxylic acid groups (broad SMARTS) is 1. The van der Waals surface area contributed by atoms with Crippen LogP contribution in [0.25, 0.3) is 0 Å². The molecule has 2 aromatic rings. The Bertz CT molecular complexity index is 578. The monoisotopic (exact) mass is 336 g/mol. The van der Waals surface area contributed by atoms with E-state index >= 15 is 0 Å². The van der Waals surface area contributed by atoms with E-state index in [1.165, 1.54) is 12.1 Å². The van der Waals surface area contributed by atoms with E-state index in [-0.39, 0.29) is 5.82 Å². The van der Waals surface area contributed by atoms with Crippen molar-refractivity contribution in [3.05, 3.63) is 69.9 Å². The highest BCUT2D eigenvalue weighted by atomic mass is 79.9. The number of hydrogen-bond donors (Lipinski definition) is 1. The van der Waals surface area contributed by atoms with Crippen LogP contribution in [-0.4, -0.2) is 11.1 Å². The van der Waals surface area contributed by atoms with Gasteiger partial charge in [-0.2, -0.15) is 0 Å². The Kier molecular flexibility index (Phi) is 4.90. The molecular weight excluding hydrogens is 323 g/mol. The maximum atomic E-state index is 13.3. The molecule has 0 aliphatic carbocycles. The minimum absolute atomic E-state index is 0.319. The Morgan fingerprint density at radius 2 is 1.90 bits per heavy atom. The molecule has 2 nitrogen and oxygen atoms in total. The fourth-order valence-corrected chi connectivity index (χ4v) is 2.70. The van der Waals surface area contributed by atoms with Crippen LogP contribution in [0.4, 0.5) is 4.39 Å². The molecule has 104 valence electrons. The van der Waals surface area contributed by atoms with Crippen molar-refractivity contribution in [1.82, 2.24) is 0 Å². The molecule has 0 aliphatic heterocycles. The second-order valence-corrected chi connectivity index (χ2v) is 5.53. The average molecular weight is 337 g/mol. The number of hydrogen-bond acceptors (Lipinski definition) is 1. The highest BCUT2D eigenvalue weighted by Gasteiger charge is 2.19. The van der Waals surface area contributed by atoms with Crippen molar-refractivity contribution in [1.29, 1.82) is 0 Å². The van der Waals surface area contributed by atoms with Gasteiger partial charge in [0.15, 0.2) is 0 Å². The molecule has 20 heavy (non-hydrogen) atoms. The Morgan fingerprint density at radius 3 is 2.50 bits per heavy atom. The van der Waals surface area contributed by atoms with Gasteiger partial charge < -0.3 is 5.11 Å². The van der Waals surface area contributed by atoms with Crippen LogP contribution in [0, 0.1) is 5.82 Å². The van der Waals surface area contributed by atoms with Gasteiger partial charge in [0.2, 0.25) is 0 Å². The Labute approximate surface area is 125 Å². The number of benzene rings is 2. The van der Waals surface area contributed by atoms with Crippen molar-refractivity contribution in [3.63, 3.8) is 0 Å². The predicted octanol–water partition coefficient (Wildman–Crippen LogP) is 4.39. The number of aliphatic carboxylic acids is 1. The molecule has 1 N–H and O–H groups in total. The molecule has 1 atom stereocenters. The predicted molar refractivity (Wildman–Crippen MR) is 79.2 cm³/mol. The highest BCUT2D eigenvalue weighted by Crippen LogP contribution is 2.23. The van der Waals surface area contributed by atoms with Crippen LogP contribution in [-0.2, 0) is 11.2 Å². The molecule has 0 aliphatic rings. The smallest absolute Gasteiger partial charge is 0.310 e. The summed E-state index contributed by atoms with van der Waals surface area (Å²) >= 11 is 3.24. The first-order chi connectivity index (χ1) is 9.56. The van der Waals surface area contributed by atoms with Gasteiger partial charge in [-0.25, -0.2) is 4.39 Å². The van der Waals surface area contributed by atoms with Crippen molar-refractivity contribution in [2.75, 3.05) is 0 Å². The lowest BCUT2D eigenvalue weighted by Crippen LogP contribution is -2.12. The lowest BCUT2D eigenvalue weighted by Gasteiger charge is -2.12. The maximum Gasteiger partial charge on any atom is 0.310 e. The zero-order valence-electron chi connectivity index (χ0n) is 10.7. The lowest BCUT2D eigenvalue weighted by molar-refractivity contribution is -0.138. The van der Waals surface area contributed by atoms with Gasteiger partial charge in [-0.3, -0.25) is 4.79 Å². The largest absolute Gasteiger partial charge is 0.481 e. The van der Waals surface area contributed by atoms with Crippen LogP contribution in [0.3, 0.4) is 0 Å². The number of carboxylic acids is 1. The molecule has 0 heterocycles. The van der Waals surface area contributed by atoms with E-state index < -0.39 is 11.9 Å². The van der Waals surface area contributed by atoms with Crippen molar-refractivity contribution in [3.8, 4) is 0 Å². The molecule has 2 rings (SSSR count). The van der Waals surface area contributed by atoms with Gasteiger partial charge in [-0.15, -0.1) is 0 Å². The van der Waals surface area contributed by atoms with Gasteiger partial charge in [0.05, 0.1) is 5.92 Å². The SMILES string of the molecule is O=C(O)C(CCc1cc(F)cc(Br)c1)c1ccccc1. The zero-order chi connectivity index (χ0) is 14.5. The summed E-state index contributed by atoms with van der Waals surface area (Å²) in [6.07, 6.45) is 0.956. The first-order valence-corrected chi connectivity index (χ1v) is 7.08. The summed E-state index contributed by atoms with van der Waals surface area (Å²) in [4.78, 5) is 11.4. The van der Waals surface area contributed by atoms with Crippen molar-refractivity contribution >= 4 is 21.9 Å². The number of halogens is 2. The summed E-state index contributed by atoms with van der Waals surface area (Å²) in [7, 11) is 0. The number of carbonyl (C=O) groups is 1. The van der Waals surface area contributed by atoms with Crippen molar-refractivity contribution in [2.45, 2.75) is 18.8 Å². The van der Waals surface area contributed by atoms with E-state index in [9.17, 15) is 14.3 Å². The third kappa shape index (κ3) is 3.90. The third-order valence-corrected chi connectivity index (χ3v) is 3.60. The van der Waals surface area contributed by atoms with Crippen LogP contribution in [0.15, 0.2) is 53.0 Å². The van der Waals surface area contributed by atoms with Gasteiger partial charge >= 0.3 is 5.97 Å². The Balaban J connectivity index is 2.12. The average Bonchev–Trinajstić information content (AvgIpc) is 2.38. The fraction of sp³-hybridized carbons (Fsp3) is 0.188. The summed E-state index contributed by atoms with van der Waals surface area (Å²) < 4.78 is 14.0. The number of rotatable bonds is 5. The first kappa shape index (κ1) is 14.7. The number of aryl methyl sites for hydroxylation is 1. The van der Waals surface area contributed by atoms with Crippen LogP contribution >= 0.6 is 15.9 Å². The van der Waals surface area contributed by atoms with Crippen LogP contribution in [0.5, 0.6) is 0 Å². The van der Waals surface area contributed by atoms with E-state index in [0.717, 1.165) is 11.1 Å². The van der Waals surface area contributed by atoms with Crippen molar-refractivity contribution < 1.29 is 14.3 Å². The first-order valence-electron chi connectivity index (χ1n) is 6.29. The maximum absolute atomic E-state index is 13.3. The second kappa shape index (κ2) is 6.66. The molecule has 0 saturated carbocycles. The Morgan fingerprint density at radius 1 is 1.20 bits per heavy atom. The summed E-state index contributed by atoms with van der Waals surface area (Å²) in [6, 6.07) is 13.7. The van der Waals surface area contributed by atoms with E-state index in [4.69, 9.17) is 0 Å². The van der Waals surface area contributed by atoms with Crippen LogP contribution in [0.2, 0.25) is 0 Å². The summed E-state index contributed by atoms with van der Waals surface area (Å²) in [5, 5.41) is 9.33. The van der Waals surface area contributed by atoms with Gasteiger partial charge in [0.25, 0.3) is 0 Å². The lowest BCUT2D eigenvalue weighted by atomic mass is 9.92. The normalized spacial score (nSPS) is 12.1. The minimum Gasteiger partial charge on any atom is -0.481 e. The van der Waals surface area contributed by atoms with E-state index in [1.54, 1.807) is 12.1 Å². The topological polar surface area (TPSA) is 37.3 Å². The summed E-state index contributed by atoms with van der Waals surface area (Å²) in [6.45, 7) is 0. The molecule has 0 amide bonds. The van der Waals surface area contributed by atoms with Gasteiger partial charge in [-0.1, -0.05) is 46.3 Å². The van der Waals surface area contributed by atoms with E-state index in [0.29, 0.717) is 17.3 Å². The zero-order valence-corrected chi connectivity index (χ0v) is 12.3.